The zero-order chi connectivity index (χ0) is 15.5. The number of benzene rings is 1. The quantitative estimate of drug-likeness (QED) is 0.896. The van der Waals surface area contributed by atoms with Crippen LogP contribution in [0.2, 0.25) is 0 Å². The second-order valence-electron chi connectivity index (χ2n) is 6.04. The molecule has 2 rings (SSSR count). The Hall–Kier alpha value is -2.24. The Kier molecular flexibility index (Phi) is 4.35. The number of hydrogen-bond acceptors (Lipinski definition) is 3. The molecular formula is C15H21N3O3. The maximum atomic E-state index is 11.8. The van der Waals surface area contributed by atoms with Gasteiger partial charge in [0.25, 0.3) is 0 Å². The van der Waals surface area contributed by atoms with Gasteiger partial charge in [-0.1, -0.05) is 18.2 Å². The SMILES string of the molecule is CC(C)(C)NC(=O)NCC1CN(c2ccccc2)C(=O)O1. The number of hydrogen-bond donors (Lipinski definition) is 2. The number of amides is 3. The van der Waals surface area contributed by atoms with Crippen LogP contribution in [0.25, 0.3) is 0 Å². The first-order valence-electron chi connectivity index (χ1n) is 6.94. The molecule has 0 aromatic heterocycles. The van der Waals surface area contributed by atoms with Crippen LogP contribution in [0.1, 0.15) is 20.8 Å². The molecule has 1 aliphatic rings. The summed E-state index contributed by atoms with van der Waals surface area (Å²) in [7, 11) is 0. The first-order chi connectivity index (χ1) is 9.85. The summed E-state index contributed by atoms with van der Waals surface area (Å²) in [4.78, 5) is 25.1. The van der Waals surface area contributed by atoms with Crippen LogP contribution in [0.3, 0.4) is 0 Å². The Labute approximate surface area is 124 Å². The maximum absolute atomic E-state index is 11.8. The monoisotopic (exact) mass is 291 g/mol. The number of nitrogens with zero attached hydrogens (tertiary/aromatic N) is 1. The minimum absolute atomic E-state index is 0.267. The maximum Gasteiger partial charge on any atom is 0.414 e. The zero-order valence-electron chi connectivity index (χ0n) is 12.6. The van der Waals surface area contributed by atoms with E-state index < -0.39 is 0 Å². The number of carbonyl (C=O) groups is 2. The highest BCUT2D eigenvalue weighted by Gasteiger charge is 2.32. The molecule has 1 aromatic rings. The van der Waals surface area contributed by atoms with Gasteiger partial charge in [-0.15, -0.1) is 0 Å². The molecule has 21 heavy (non-hydrogen) atoms. The fourth-order valence-electron chi connectivity index (χ4n) is 2.04. The first-order valence-corrected chi connectivity index (χ1v) is 6.94. The van der Waals surface area contributed by atoms with Crippen molar-refractivity contribution in [2.75, 3.05) is 18.0 Å². The Morgan fingerprint density at radius 2 is 2.00 bits per heavy atom. The number of rotatable bonds is 3. The van der Waals surface area contributed by atoms with Gasteiger partial charge in [0, 0.05) is 11.2 Å². The number of urea groups is 1. The second-order valence-corrected chi connectivity index (χ2v) is 6.04. The fraction of sp³-hybridized carbons (Fsp3) is 0.467. The number of ether oxygens (including phenoxy) is 1. The Morgan fingerprint density at radius 1 is 1.33 bits per heavy atom. The highest BCUT2D eigenvalue weighted by atomic mass is 16.6. The highest BCUT2D eigenvalue weighted by molar-refractivity contribution is 5.89. The van der Waals surface area contributed by atoms with Gasteiger partial charge >= 0.3 is 12.1 Å². The standard InChI is InChI=1S/C15H21N3O3/c1-15(2,3)17-13(19)16-9-12-10-18(14(20)21-12)11-7-5-4-6-8-11/h4-8,12H,9-10H2,1-3H3,(H2,16,17,19). The molecule has 0 spiro atoms. The molecule has 1 saturated heterocycles. The van der Waals surface area contributed by atoms with E-state index in [1.165, 1.54) is 0 Å². The lowest BCUT2D eigenvalue weighted by molar-refractivity contribution is 0.140. The fourth-order valence-corrected chi connectivity index (χ4v) is 2.04. The molecule has 2 N–H and O–H groups in total. The van der Waals surface area contributed by atoms with E-state index in [0.29, 0.717) is 6.54 Å². The van der Waals surface area contributed by atoms with Crippen LogP contribution in [0, 0.1) is 0 Å². The second kappa shape index (κ2) is 6.03. The van der Waals surface area contributed by atoms with Gasteiger partial charge in [0.15, 0.2) is 0 Å². The Morgan fingerprint density at radius 3 is 2.62 bits per heavy atom. The van der Waals surface area contributed by atoms with Crippen molar-refractivity contribution in [2.45, 2.75) is 32.4 Å². The summed E-state index contributed by atoms with van der Waals surface area (Å²) in [5, 5.41) is 5.51. The van der Waals surface area contributed by atoms with E-state index in [1.54, 1.807) is 4.90 Å². The zero-order valence-corrected chi connectivity index (χ0v) is 12.6. The molecule has 1 fully saturated rings. The lowest BCUT2D eigenvalue weighted by Gasteiger charge is -2.21. The summed E-state index contributed by atoms with van der Waals surface area (Å²) < 4.78 is 5.25. The number of nitrogens with one attached hydrogen (secondary N) is 2. The van der Waals surface area contributed by atoms with Crippen molar-refractivity contribution >= 4 is 17.8 Å². The van der Waals surface area contributed by atoms with Crippen molar-refractivity contribution in [3.63, 3.8) is 0 Å². The summed E-state index contributed by atoms with van der Waals surface area (Å²) in [6.07, 6.45) is -0.729. The van der Waals surface area contributed by atoms with Gasteiger partial charge in [-0.05, 0) is 32.9 Å². The number of anilines is 1. The summed E-state index contributed by atoms with van der Waals surface area (Å²) in [5.74, 6) is 0. The lowest BCUT2D eigenvalue weighted by atomic mass is 10.1. The predicted molar refractivity (Wildman–Crippen MR) is 80.3 cm³/mol. The van der Waals surface area contributed by atoms with E-state index in [0.717, 1.165) is 5.69 Å². The van der Waals surface area contributed by atoms with E-state index in [2.05, 4.69) is 10.6 Å². The van der Waals surface area contributed by atoms with Crippen molar-refractivity contribution in [2.24, 2.45) is 0 Å². The normalized spacial score (nSPS) is 18.3. The smallest absolute Gasteiger partial charge is 0.414 e. The third-order valence-electron chi connectivity index (χ3n) is 2.92. The summed E-state index contributed by atoms with van der Waals surface area (Å²) in [6, 6.07) is 9.06. The molecule has 1 unspecified atom stereocenters. The molecule has 0 aliphatic carbocycles. The van der Waals surface area contributed by atoms with Gasteiger partial charge in [-0.3, -0.25) is 4.90 Å². The van der Waals surface area contributed by atoms with Gasteiger partial charge in [0.05, 0.1) is 13.1 Å². The van der Waals surface area contributed by atoms with Crippen molar-refractivity contribution in [3.8, 4) is 0 Å². The van der Waals surface area contributed by atoms with Gasteiger partial charge in [0.1, 0.15) is 6.10 Å². The van der Waals surface area contributed by atoms with Crippen molar-refractivity contribution in [1.82, 2.24) is 10.6 Å². The third-order valence-corrected chi connectivity index (χ3v) is 2.92. The summed E-state index contributed by atoms with van der Waals surface area (Å²) in [6.45, 7) is 6.42. The molecule has 1 aromatic carbocycles. The number of carbonyl (C=O) groups excluding carboxylic acids is 2. The minimum atomic E-state index is -0.385. The van der Waals surface area contributed by atoms with Crippen LogP contribution < -0.4 is 15.5 Å². The average molecular weight is 291 g/mol. The molecule has 114 valence electrons. The molecule has 0 bridgehead atoms. The Bertz CT molecular complexity index is 511. The van der Waals surface area contributed by atoms with Crippen molar-refractivity contribution < 1.29 is 14.3 Å². The number of cyclic esters (lactones) is 1. The van der Waals surface area contributed by atoms with Crippen LogP contribution in [-0.4, -0.2) is 36.9 Å². The molecular weight excluding hydrogens is 270 g/mol. The highest BCUT2D eigenvalue weighted by Crippen LogP contribution is 2.20. The van der Waals surface area contributed by atoms with E-state index in [1.807, 2.05) is 51.1 Å². The van der Waals surface area contributed by atoms with Crippen LogP contribution >= 0.6 is 0 Å². The largest absolute Gasteiger partial charge is 0.442 e. The first kappa shape index (κ1) is 15.2. The molecule has 1 aliphatic heterocycles. The van der Waals surface area contributed by atoms with Crippen LogP contribution in [0.5, 0.6) is 0 Å². The molecule has 6 heteroatoms. The van der Waals surface area contributed by atoms with Gasteiger partial charge in [-0.25, -0.2) is 9.59 Å². The molecule has 1 heterocycles. The van der Waals surface area contributed by atoms with Crippen molar-refractivity contribution in [3.05, 3.63) is 30.3 Å². The predicted octanol–water partition coefficient (Wildman–Crippen LogP) is 2.11. The molecule has 0 radical (unpaired) electrons. The van der Waals surface area contributed by atoms with Crippen LogP contribution in [0.15, 0.2) is 30.3 Å². The van der Waals surface area contributed by atoms with Gasteiger partial charge in [-0.2, -0.15) is 0 Å². The van der Waals surface area contributed by atoms with Gasteiger partial charge < -0.3 is 15.4 Å². The lowest BCUT2D eigenvalue weighted by Crippen LogP contribution is -2.48. The average Bonchev–Trinajstić information content (AvgIpc) is 2.77. The van der Waals surface area contributed by atoms with Gasteiger partial charge in [0.2, 0.25) is 0 Å². The molecule has 1 atom stereocenters. The van der Waals surface area contributed by atoms with E-state index in [9.17, 15) is 9.59 Å². The summed E-state index contributed by atoms with van der Waals surface area (Å²) >= 11 is 0. The van der Waals surface area contributed by atoms with E-state index in [4.69, 9.17) is 4.74 Å². The summed E-state index contributed by atoms with van der Waals surface area (Å²) in [5.41, 5.74) is 0.496. The number of para-hydroxylation sites is 1. The Balaban J connectivity index is 1.85. The third kappa shape index (κ3) is 4.37. The topological polar surface area (TPSA) is 70.7 Å². The van der Waals surface area contributed by atoms with Crippen LogP contribution in [0.4, 0.5) is 15.3 Å². The molecule has 6 nitrogen and oxygen atoms in total. The van der Waals surface area contributed by atoms with E-state index >= 15 is 0 Å². The molecule has 0 saturated carbocycles. The molecule has 3 amide bonds. The van der Waals surface area contributed by atoms with Crippen molar-refractivity contribution in [1.29, 1.82) is 0 Å². The van der Waals surface area contributed by atoms with Crippen LogP contribution in [-0.2, 0) is 4.74 Å². The van der Waals surface area contributed by atoms with E-state index in [-0.39, 0.29) is 30.3 Å². The minimum Gasteiger partial charge on any atom is -0.442 e.